The third-order valence-corrected chi connectivity index (χ3v) is 5.64. The lowest BCUT2D eigenvalue weighted by Crippen LogP contribution is -2.40. The lowest BCUT2D eigenvalue weighted by atomic mass is 9.91. The summed E-state index contributed by atoms with van der Waals surface area (Å²) in [5.41, 5.74) is 4.37. The van der Waals surface area contributed by atoms with Crippen molar-refractivity contribution in [1.82, 2.24) is 0 Å². The smallest absolute Gasteiger partial charge is 0.229 e. The third kappa shape index (κ3) is 4.72. The number of hydrogen-bond donors (Lipinski definition) is 1. The minimum absolute atomic E-state index is 0.0313. The molecule has 0 radical (unpaired) electrons. The summed E-state index contributed by atoms with van der Waals surface area (Å²) in [5, 5.41) is 0. The maximum atomic E-state index is 12.2. The number of nitrogens with zero attached hydrogens (tertiary/aromatic N) is 1. The van der Waals surface area contributed by atoms with E-state index in [0.29, 0.717) is 12.3 Å². The highest BCUT2D eigenvalue weighted by Gasteiger charge is 2.29. The van der Waals surface area contributed by atoms with E-state index in [0.717, 1.165) is 53.6 Å². The van der Waals surface area contributed by atoms with Crippen molar-refractivity contribution in [2.75, 3.05) is 22.5 Å². The number of fused-ring (bicyclic) bond motifs is 1. The quantitative estimate of drug-likeness (QED) is 0.766. The van der Waals surface area contributed by atoms with Crippen molar-refractivity contribution >= 4 is 27.3 Å². The first-order valence-corrected chi connectivity index (χ1v) is 11.8. The Morgan fingerprint density at radius 2 is 1.90 bits per heavy atom. The van der Waals surface area contributed by atoms with Crippen LogP contribution in [-0.2, 0) is 21.2 Å². The fourth-order valence-corrected chi connectivity index (χ4v) is 4.38. The Balaban J connectivity index is 2.06. The van der Waals surface area contributed by atoms with Crippen LogP contribution in [0, 0.1) is 0 Å². The topological polar surface area (TPSA) is 75.7 Å². The maximum Gasteiger partial charge on any atom is 0.229 e. The molecular formula is C22H28N2O4S. The van der Waals surface area contributed by atoms with Crippen LogP contribution in [0.25, 0.3) is 11.1 Å². The van der Waals surface area contributed by atoms with E-state index in [4.69, 9.17) is 4.74 Å². The van der Waals surface area contributed by atoms with Gasteiger partial charge in [0.1, 0.15) is 5.75 Å². The SMILES string of the molecule is CCCOc1c(-c2ccc(NS(C)(=O)=O)cc2)ccc2c1CC[C@H](C)N2C(C)=O. The Labute approximate surface area is 172 Å². The number of nitrogens with one attached hydrogen (secondary N) is 1. The van der Waals surface area contributed by atoms with Gasteiger partial charge in [-0.25, -0.2) is 8.42 Å². The van der Waals surface area contributed by atoms with Gasteiger partial charge in [0.05, 0.1) is 18.6 Å². The summed E-state index contributed by atoms with van der Waals surface area (Å²) in [6.07, 6.45) is 3.74. The van der Waals surface area contributed by atoms with Crippen molar-refractivity contribution < 1.29 is 17.9 Å². The van der Waals surface area contributed by atoms with Crippen LogP contribution in [0.5, 0.6) is 5.75 Å². The molecule has 0 unspecified atom stereocenters. The fraction of sp³-hybridized carbons (Fsp3) is 0.409. The average molecular weight is 417 g/mol. The van der Waals surface area contributed by atoms with E-state index in [-0.39, 0.29) is 11.9 Å². The van der Waals surface area contributed by atoms with Crippen molar-refractivity contribution in [2.24, 2.45) is 0 Å². The number of benzene rings is 2. The zero-order chi connectivity index (χ0) is 21.2. The molecule has 2 aromatic carbocycles. The monoisotopic (exact) mass is 416 g/mol. The van der Waals surface area contributed by atoms with E-state index < -0.39 is 10.0 Å². The van der Waals surface area contributed by atoms with Crippen molar-refractivity contribution in [3.8, 4) is 16.9 Å². The Bertz CT molecular complexity index is 1000. The van der Waals surface area contributed by atoms with E-state index in [1.54, 1.807) is 19.1 Å². The molecule has 1 aliphatic rings. The molecule has 0 spiro atoms. The number of carbonyl (C=O) groups excluding carboxylic acids is 1. The highest BCUT2D eigenvalue weighted by Crippen LogP contribution is 2.43. The molecule has 0 aromatic heterocycles. The molecule has 1 atom stereocenters. The van der Waals surface area contributed by atoms with Gasteiger partial charge < -0.3 is 9.64 Å². The highest BCUT2D eigenvalue weighted by atomic mass is 32.2. The first-order valence-electron chi connectivity index (χ1n) is 9.88. The fourth-order valence-electron chi connectivity index (χ4n) is 3.81. The maximum absolute atomic E-state index is 12.2. The molecule has 0 bridgehead atoms. The summed E-state index contributed by atoms with van der Waals surface area (Å²) in [7, 11) is -3.32. The van der Waals surface area contributed by atoms with Gasteiger partial charge in [0.15, 0.2) is 0 Å². The van der Waals surface area contributed by atoms with Crippen LogP contribution in [0.3, 0.4) is 0 Å². The summed E-state index contributed by atoms with van der Waals surface area (Å²) in [6, 6.07) is 11.4. The number of ether oxygens (including phenoxy) is 1. The summed E-state index contributed by atoms with van der Waals surface area (Å²) in [6.45, 7) is 6.31. The first kappa shape index (κ1) is 21.2. The molecule has 2 aromatic rings. The van der Waals surface area contributed by atoms with Gasteiger partial charge in [-0.3, -0.25) is 9.52 Å². The Kier molecular flexibility index (Phi) is 6.17. The first-order chi connectivity index (χ1) is 13.7. The predicted octanol–water partition coefficient (Wildman–Crippen LogP) is 4.20. The van der Waals surface area contributed by atoms with Gasteiger partial charge >= 0.3 is 0 Å². The molecule has 156 valence electrons. The standard InChI is InChI=1S/C22H28N2O4S/c1-5-14-28-22-19(17-7-9-18(10-8-17)23-29(4,26)27)12-13-21-20(22)11-6-15(2)24(21)16(3)25/h7-10,12-13,15,23H,5-6,11,14H2,1-4H3/t15-/m0/s1. The Morgan fingerprint density at radius 3 is 2.48 bits per heavy atom. The number of hydrogen-bond acceptors (Lipinski definition) is 4. The van der Waals surface area contributed by atoms with E-state index in [2.05, 4.69) is 18.6 Å². The van der Waals surface area contributed by atoms with Gasteiger partial charge in [-0.1, -0.05) is 19.1 Å². The van der Waals surface area contributed by atoms with Crippen LogP contribution >= 0.6 is 0 Å². The zero-order valence-electron chi connectivity index (χ0n) is 17.4. The van der Waals surface area contributed by atoms with E-state index in [1.165, 1.54) is 0 Å². The molecule has 0 aliphatic carbocycles. The Morgan fingerprint density at radius 1 is 1.21 bits per heavy atom. The van der Waals surface area contributed by atoms with Crippen LogP contribution in [-0.4, -0.2) is 33.2 Å². The molecule has 0 fully saturated rings. The minimum atomic E-state index is -3.32. The van der Waals surface area contributed by atoms with Crippen LogP contribution in [0.1, 0.15) is 39.2 Å². The van der Waals surface area contributed by atoms with Crippen LogP contribution in [0.2, 0.25) is 0 Å². The van der Waals surface area contributed by atoms with Gasteiger partial charge in [0.2, 0.25) is 15.9 Å². The molecule has 1 aliphatic heterocycles. The van der Waals surface area contributed by atoms with Crippen molar-refractivity contribution in [3.05, 3.63) is 42.0 Å². The molecule has 0 saturated carbocycles. The number of rotatable bonds is 6. The summed E-state index contributed by atoms with van der Waals surface area (Å²) >= 11 is 0. The van der Waals surface area contributed by atoms with Crippen molar-refractivity contribution in [2.45, 2.75) is 46.1 Å². The van der Waals surface area contributed by atoms with Gasteiger partial charge in [0.25, 0.3) is 0 Å². The number of amides is 1. The zero-order valence-corrected chi connectivity index (χ0v) is 18.2. The van der Waals surface area contributed by atoms with Gasteiger partial charge in [-0.15, -0.1) is 0 Å². The van der Waals surface area contributed by atoms with Crippen molar-refractivity contribution in [1.29, 1.82) is 0 Å². The second-order valence-electron chi connectivity index (χ2n) is 7.52. The minimum Gasteiger partial charge on any atom is -0.493 e. The number of sulfonamides is 1. The normalized spacial score (nSPS) is 16.3. The van der Waals surface area contributed by atoms with E-state index in [1.807, 2.05) is 29.2 Å². The largest absolute Gasteiger partial charge is 0.493 e. The number of anilines is 2. The molecule has 6 nitrogen and oxygen atoms in total. The van der Waals surface area contributed by atoms with Crippen molar-refractivity contribution in [3.63, 3.8) is 0 Å². The highest BCUT2D eigenvalue weighted by molar-refractivity contribution is 7.92. The number of carbonyl (C=O) groups is 1. The molecule has 7 heteroatoms. The van der Waals surface area contributed by atoms with Crippen LogP contribution < -0.4 is 14.4 Å². The second-order valence-corrected chi connectivity index (χ2v) is 9.27. The summed E-state index contributed by atoms with van der Waals surface area (Å²) in [4.78, 5) is 14.1. The van der Waals surface area contributed by atoms with E-state index in [9.17, 15) is 13.2 Å². The molecule has 0 saturated heterocycles. The van der Waals surface area contributed by atoms with Crippen LogP contribution in [0.15, 0.2) is 36.4 Å². The Hall–Kier alpha value is -2.54. The molecule has 1 N–H and O–H groups in total. The third-order valence-electron chi connectivity index (χ3n) is 5.04. The van der Waals surface area contributed by atoms with Gasteiger partial charge in [-0.2, -0.15) is 0 Å². The lowest BCUT2D eigenvalue weighted by Gasteiger charge is -2.36. The second kappa shape index (κ2) is 8.45. The summed E-state index contributed by atoms with van der Waals surface area (Å²) in [5.74, 6) is 0.843. The van der Waals surface area contributed by atoms with Gasteiger partial charge in [0, 0.05) is 29.8 Å². The molecular weight excluding hydrogens is 388 g/mol. The summed E-state index contributed by atoms with van der Waals surface area (Å²) < 4.78 is 31.5. The molecule has 29 heavy (non-hydrogen) atoms. The van der Waals surface area contributed by atoms with Crippen LogP contribution in [0.4, 0.5) is 11.4 Å². The molecule has 1 heterocycles. The molecule has 1 amide bonds. The lowest BCUT2D eigenvalue weighted by molar-refractivity contribution is -0.117. The predicted molar refractivity (Wildman–Crippen MR) is 117 cm³/mol. The average Bonchev–Trinajstić information content (AvgIpc) is 2.65. The van der Waals surface area contributed by atoms with E-state index >= 15 is 0 Å². The van der Waals surface area contributed by atoms with Gasteiger partial charge in [-0.05, 0) is 56.0 Å². The molecule has 3 rings (SSSR count).